The Labute approximate surface area is 148 Å². The smallest absolute Gasteiger partial charge is 0.244 e. The van der Waals surface area contributed by atoms with E-state index in [0.717, 1.165) is 38.0 Å². The number of likely N-dealkylation sites (tertiary alicyclic amines) is 1. The number of hydrogen-bond acceptors (Lipinski definition) is 2. The van der Waals surface area contributed by atoms with Gasteiger partial charge >= 0.3 is 0 Å². The van der Waals surface area contributed by atoms with Crippen molar-refractivity contribution in [3.8, 4) is 0 Å². The van der Waals surface area contributed by atoms with Crippen LogP contribution in [0.4, 0.5) is 4.39 Å². The number of amides is 1. The summed E-state index contributed by atoms with van der Waals surface area (Å²) in [6.45, 7) is 2.94. The lowest BCUT2D eigenvalue weighted by Crippen LogP contribution is -2.43. The summed E-state index contributed by atoms with van der Waals surface area (Å²) >= 11 is 0. The lowest BCUT2D eigenvalue weighted by molar-refractivity contribution is -0.117. The van der Waals surface area contributed by atoms with Crippen LogP contribution in [-0.4, -0.2) is 29.9 Å². The lowest BCUT2D eigenvalue weighted by Gasteiger charge is -2.32. The number of halogens is 1. The van der Waals surface area contributed by atoms with E-state index in [1.807, 2.05) is 6.07 Å². The van der Waals surface area contributed by atoms with Crippen molar-refractivity contribution in [2.75, 3.05) is 13.1 Å². The van der Waals surface area contributed by atoms with E-state index in [0.29, 0.717) is 0 Å². The third-order valence-corrected chi connectivity index (χ3v) is 4.48. The molecule has 1 saturated heterocycles. The van der Waals surface area contributed by atoms with Crippen molar-refractivity contribution >= 4 is 12.0 Å². The average Bonchev–Trinajstić information content (AvgIpc) is 2.64. The molecule has 0 atom stereocenters. The Kier molecular flexibility index (Phi) is 5.96. The minimum Gasteiger partial charge on any atom is -0.350 e. The molecule has 2 aromatic rings. The van der Waals surface area contributed by atoms with Crippen LogP contribution in [0, 0.1) is 5.82 Å². The zero-order chi connectivity index (χ0) is 17.5. The highest BCUT2D eigenvalue weighted by atomic mass is 19.1. The van der Waals surface area contributed by atoms with Gasteiger partial charge in [-0.25, -0.2) is 4.39 Å². The van der Waals surface area contributed by atoms with Crippen LogP contribution in [0.1, 0.15) is 24.0 Å². The van der Waals surface area contributed by atoms with Crippen molar-refractivity contribution in [1.82, 2.24) is 10.2 Å². The Morgan fingerprint density at radius 2 is 1.76 bits per heavy atom. The highest BCUT2D eigenvalue weighted by molar-refractivity contribution is 5.91. The van der Waals surface area contributed by atoms with Gasteiger partial charge in [0.15, 0.2) is 0 Å². The molecule has 1 amide bonds. The van der Waals surface area contributed by atoms with Crippen LogP contribution in [0.15, 0.2) is 60.7 Å². The first kappa shape index (κ1) is 17.4. The predicted molar refractivity (Wildman–Crippen MR) is 98.3 cm³/mol. The molecule has 1 fully saturated rings. The average molecular weight is 338 g/mol. The second-order valence-corrected chi connectivity index (χ2v) is 6.43. The van der Waals surface area contributed by atoms with Gasteiger partial charge < -0.3 is 5.32 Å². The normalized spacial score (nSPS) is 16.2. The molecule has 0 aromatic heterocycles. The number of hydrogen-bond donors (Lipinski definition) is 1. The number of benzene rings is 2. The number of rotatable bonds is 5. The molecule has 4 heteroatoms. The molecule has 130 valence electrons. The van der Waals surface area contributed by atoms with Gasteiger partial charge in [-0.2, -0.15) is 0 Å². The Hall–Kier alpha value is -2.46. The van der Waals surface area contributed by atoms with Crippen LogP contribution in [0.25, 0.3) is 6.08 Å². The van der Waals surface area contributed by atoms with Crippen molar-refractivity contribution in [3.63, 3.8) is 0 Å². The van der Waals surface area contributed by atoms with Crippen LogP contribution in [-0.2, 0) is 11.3 Å². The summed E-state index contributed by atoms with van der Waals surface area (Å²) < 4.78 is 12.9. The molecule has 25 heavy (non-hydrogen) atoms. The van der Waals surface area contributed by atoms with Crippen LogP contribution in [0.3, 0.4) is 0 Å². The van der Waals surface area contributed by atoms with Crippen LogP contribution in [0.2, 0.25) is 0 Å². The minimum absolute atomic E-state index is 0.0918. The Morgan fingerprint density at radius 3 is 2.44 bits per heavy atom. The van der Waals surface area contributed by atoms with Gasteiger partial charge in [0.1, 0.15) is 5.82 Å². The minimum atomic E-state index is -0.274. The topological polar surface area (TPSA) is 32.3 Å². The number of piperidine rings is 1. The highest BCUT2D eigenvalue weighted by Crippen LogP contribution is 2.14. The molecule has 3 rings (SSSR count). The number of carbonyl (C=O) groups is 1. The summed E-state index contributed by atoms with van der Waals surface area (Å²) in [6, 6.07) is 16.8. The molecule has 0 saturated carbocycles. The molecule has 0 aliphatic carbocycles. The van der Waals surface area contributed by atoms with Crippen LogP contribution < -0.4 is 5.32 Å². The molecular weight excluding hydrogens is 315 g/mol. The number of carbonyl (C=O) groups excluding carboxylic acids is 1. The zero-order valence-corrected chi connectivity index (χ0v) is 14.2. The monoisotopic (exact) mass is 338 g/mol. The molecule has 1 heterocycles. The fourth-order valence-electron chi connectivity index (χ4n) is 3.07. The van der Waals surface area contributed by atoms with E-state index < -0.39 is 0 Å². The number of nitrogens with zero attached hydrogens (tertiary/aromatic N) is 1. The lowest BCUT2D eigenvalue weighted by atomic mass is 10.0. The summed E-state index contributed by atoms with van der Waals surface area (Å²) in [4.78, 5) is 14.5. The Morgan fingerprint density at radius 1 is 1.08 bits per heavy atom. The first-order valence-corrected chi connectivity index (χ1v) is 8.69. The van der Waals surface area contributed by atoms with E-state index in [9.17, 15) is 9.18 Å². The Balaban J connectivity index is 1.42. The summed E-state index contributed by atoms with van der Waals surface area (Å²) in [6.07, 6.45) is 5.15. The first-order chi connectivity index (χ1) is 12.2. The maximum Gasteiger partial charge on any atom is 0.244 e. The van der Waals surface area contributed by atoms with E-state index in [1.165, 1.54) is 23.8 Å². The molecule has 0 radical (unpaired) electrons. The van der Waals surface area contributed by atoms with Gasteiger partial charge in [0, 0.05) is 31.8 Å². The standard InChI is InChI=1S/C21H23FN2O/c22-19-9-6-17(7-10-19)8-11-21(25)23-20-12-14-24(15-13-20)16-18-4-2-1-3-5-18/h1-11,20H,12-16H2,(H,23,25)/b11-8+. The molecule has 0 spiro atoms. The van der Waals surface area contributed by atoms with Gasteiger partial charge in [0.25, 0.3) is 0 Å². The fraction of sp³-hybridized carbons (Fsp3) is 0.286. The van der Waals surface area contributed by atoms with Crippen molar-refractivity contribution in [3.05, 3.63) is 77.6 Å². The molecule has 3 nitrogen and oxygen atoms in total. The quantitative estimate of drug-likeness (QED) is 0.845. The van der Waals surface area contributed by atoms with Gasteiger partial charge in [-0.15, -0.1) is 0 Å². The van der Waals surface area contributed by atoms with E-state index in [-0.39, 0.29) is 17.8 Å². The largest absolute Gasteiger partial charge is 0.350 e. The summed E-state index contributed by atoms with van der Waals surface area (Å²) in [5.74, 6) is -0.366. The van der Waals surface area contributed by atoms with Gasteiger partial charge in [-0.05, 0) is 42.2 Å². The molecule has 1 aliphatic heterocycles. The van der Waals surface area contributed by atoms with E-state index in [1.54, 1.807) is 18.2 Å². The van der Waals surface area contributed by atoms with Crippen molar-refractivity contribution in [2.45, 2.75) is 25.4 Å². The maximum absolute atomic E-state index is 12.9. The molecule has 1 aliphatic rings. The second kappa shape index (κ2) is 8.58. The first-order valence-electron chi connectivity index (χ1n) is 8.69. The molecule has 0 unspecified atom stereocenters. The van der Waals surface area contributed by atoms with Gasteiger partial charge in [-0.1, -0.05) is 42.5 Å². The van der Waals surface area contributed by atoms with E-state index >= 15 is 0 Å². The van der Waals surface area contributed by atoms with Crippen molar-refractivity contribution in [1.29, 1.82) is 0 Å². The fourth-order valence-corrected chi connectivity index (χ4v) is 3.07. The Bertz CT molecular complexity index is 704. The highest BCUT2D eigenvalue weighted by Gasteiger charge is 2.19. The summed E-state index contributed by atoms with van der Waals surface area (Å²) in [5.41, 5.74) is 2.14. The van der Waals surface area contributed by atoms with Gasteiger partial charge in [-0.3, -0.25) is 9.69 Å². The third kappa shape index (κ3) is 5.54. The molecule has 0 bridgehead atoms. The third-order valence-electron chi connectivity index (χ3n) is 4.48. The van der Waals surface area contributed by atoms with Crippen molar-refractivity contribution < 1.29 is 9.18 Å². The van der Waals surface area contributed by atoms with Crippen LogP contribution in [0.5, 0.6) is 0 Å². The zero-order valence-electron chi connectivity index (χ0n) is 14.2. The maximum atomic E-state index is 12.9. The van der Waals surface area contributed by atoms with Crippen LogP contribution >= 0.6 is 0 Å². The van der Waals surface area contributed by atoms with E-state index in [4.69, 9.17) is 0 Å². The predicted octanol–water partition coefficient (Wildman–Crippen LogP) is 3.62. The summed E-state index contributed by atoms with van der Waals surface area (Å²) in [7, 11) is 0. The van der Waals surface area contributed by atoms with Gasteiger partial charge in [0.05, 0.1) is 0 Å². The van der Waals surface area contributed by atoms with E-state index in [2.05, 4.69) is 34.5 Å². The molecule has 1 N–H and O–H groups in total. The number of nitrogens with one attached hydrogen (secondary N) is 1. The molecular formula is C21H23FN2O. The SMILES string of the molecule is O=C(/C=C/c1ccc(F)cc1)NC1CCN(Cc2ccccc2)CC1. The summed E-state index contributed by atoms with van der Waals surface area (Å²) in [5, 5.41) is 3.06. The molecule has 2 aromatic carbocycles. The van der Waals surface area contributed by atoms with Crippen molar-refractivity contribution in [2.24, 2.45) is 0 Å². The van der Waals surface area contributed by atoms with Gasteiger partial charge in [0.2, 0.25) is 5.91 Å². The second-order valence-electron chi connectivity index (χ2n) is 6.43.